The summed E-state index contributed by atoms with van der Waals surface area (Å²) in [6.45, 7) is 2.02. The van der Waals surface area contributed by atoms with Crippen molar-refractivity contribution in [1.29, 1.82) is 0 Å². The summed E-state index contributed by atoms with van der Waals surface area (Å²) < 4.78 is 5.18. The van der Waals surface area contributed by atoms with E-state index in [1.54, 1.807) is 7.11 Å². The molecular weight excluding hydrogens is 176 g/mol. The van der Waals surface area contributed by atoms with Crippen molar-refractivity contribution in [2.45, 2.75) is 32.0 Å². The van der Waals surface area contributed by atoms with Gasteiger partial charge in [0, 0.05) is 13.5 Å². The van der Waals surface area contributed by atoms with Gasteiger partial charge in [-0.25, -0.2) is 0 Å². The molecule has 2 atom stereocenters. The van der Waals surface area contributed by atoms with E-state index in [2.05, 4.69) is 0 Å². The fourth-order valence-corrected chi connectivity index (χ4v) is 1.58. The Morgan fingerprint density at radius 2 is 1.93 bits per heavy atom. The zero-order chi connectivity index (χ0) is 10.4. The zero-order valence-corrected chi connectivity index (χ0v) is 8.81. The van der Waals surface area contributed by atoms with Crippen molar-refractivity contribution in [1.82, 2.24) is 0 Å². The fourth-order valence-electron chi connectivity index (χ4n) is 1.58. The third-order valence-corrected chi connectivity index (χ3v) is 2.42. The van der Waals surface area contributed by atoms with Gasteiger partial charge in [-0.1, -0.05) is 37.3 Å². The van der Waals surface area contributed by atoms with Crippen molar-refractivity contribution < 1.29 is 9.84 Å². The van der Waals surface area contributed by atoms with Crippen LogP contribution in [0.15, 0.2) is 30.3 Å². The standard InChI is InChI=1S/C12H18O2/c1-3-12(14-2)11(13)9-10-7-5-4-6-8-10/h4-8,11-13H,3,9H2,1-2H3. The first-order valence-electron chi connectivity index (χ1n) is 5.02. The van der Waals surface area contributed by atoms with Gasteiger partial charge in [0.2, 0.25) is 0 Å². The summed E-state index contributed by atoms with van der Waals surface area (Å²) in [4.78, 5) is 0. The Labute approximate surface area is 85.5 Å². The molecule has 0 aliphatic heterocycles. The fraction of sp³-hybridized carbons (Fsp3) is 0.500. The lowest BCUT2D eigenvalue weighted by Gasteiger charge is -2.19. The summed E-state index contributed by atoms with van der Waals surface area (Å²) in [6, 6.07) is 9.98. The van der Waals surface area contributed by atoms with Crippen LogP contribution >= 0.6 is 0 Å². The molecule has 2 unspecified atom stereocenters. The first-order valence-corrected chi connectivity index (χ1v) is 5.02. The molecule has 1 rings (SSSR count). The minimum absolute atomic E-state index is 0.0600. The number of benzene rings is 1. The van der Waals surface area contributed by atoms with E-state index in [0.29, 0.717) is 6.42 Å². The third kappa shape index (κ3) is 3.13. The third-order valence-electron chi connectivity index (χ3n) is 2.42. The normalized spacial score (nSPS) is 15.1. The molecule has 0 aliphatic carbocycles. The Bertz CT molecular complexity index is 242. The summed E-state index contributed by atoms with van der Waals surface area (Å²) in [5.41, 5.74) is 1.15. The van der Waals surface area contributed by atoms with Crippen LogP contribution in [0.25, 0.3) is 0 Å². The van der Waals surface area contributed by atoms with E-state index in [1.807, 2.05) is 37.3 Å². The molecule has 0 aliphatic rings. The molecule has 0 saturated carbocycles. The molecule has 0 saturated heterocycles. The van der Waals surface area contributed by atoms with Crippen LogP contribution in [0.4, 0.5) is 0 Å². The molecule has 0 amide bonds. The lowest BCUT2D eigenvalue weighted by Crippen LogP contribution is -2.29. The zero-order valence-electron chi connectivity index (χ0n) is 8.81. The van der Waals surface area contributed by atoms with Gasteiger partial charge < -0.3 is 9.84 Å². The molecule has 0 spiro atoms. The summed E-state index contributed by atoms with van der Waals surface area (Å²) in [5.74, 6) is 0. The van der Waals surface area contributed by atoms with Gasteiger partial charge in [-0.2, -0.15) is 0 Å². The predicted octanol–water partition coefficient (Wildman–Crippen LogP) is 2.01. The average Bonchev–Trinajstić information content (AvgIpc) is 2.21. The second-order valence-electron chi connectivity index (χ2n) is 3.44. The van der Waals surface area contributed by atoms with Gasteiger partial charge in [0.15, 0.2) is 0 Å². The SMILES string of the molecule is CCC(OC)C(O)Cc1ccccc1. The molecule has 1 aromatic rings. The summed E-state index contributed by atoms with van der Waals surface area (Å²) in [5, 5.41) is 9.84. The number of aliphatic hydroxyl groups excluding tert-OH is 1. The molecule has 0 bridgehead atoms. The first kappa shape index (κ1) is 11.2. The van der Waals surface area contributed by atoms with Crippen LogP contribution < -0.4 is 0 Å². The van der Waals surface area contributed by atoms with Gasteiger partial charge in [0.25, 0.3) is 0 Å². The quantitative estimate of drug-likeness (QED) is 0.777. The molecule has 1 aromatic carbocycles. The molecule has 0 heterocycles. The second-order valence-corrected chi connectivity index (χ2v) is 3.44. The van der Waals surface area contributed by atoms with Crippen LogP contribution in [0.2, 0.25) is 0 Å². The minimum Gasteiger partial charge on any atom is -0.390 e. The van der Waals surface area contributed by atoms with Crippen LogP contribution in [-0.2, 0) is 11.2 Å². The van der Waals surface area contributed by atoms with Crippen molar-refractivity contribution in [3.8, 4) is 0 Å². The molecule has 0 fully saturated rings. The molecule has 2 nitrogen and oxygen atoms in total. The number of aliphatic hydroxyl groups is 1. The molecule has 78 valence electrons. The van der Waals surface area contributed by atoms with E-state index in [9.17, 15) is 5.11 Å². The van der Waals surface area contributed by atoms with E-state index in [4.69, 9.17) is 4.74 Å². The van der Waals surface area contributed by atoms with Crippen molar-refractivity contribution >= 4 is 0 Å². The van der Waals surface area contributed by atoms with Crippen molar-refractivity contribution in [3.05, 3.63) is 35.9 Å². The number of hydrogen-bond acceptors (Lipinski definition) is 2. The molecular formula is C12H18O2. The van der Waals surface area contributed by atoms with Crippen molar-refractivity contribution in [3.63, 3.8) is 0 Å². The van der Waals surface area contributed by atoms with E-state index in [1.165, 1.54) is 0 Å². The van der Waals surface area contributed by atoms with Gasteiger partial charge in [-0.3, -0.25) is 0 Å². The van der Waals surface area contributed by atoms with Crippen LogP contribution in [0.1, 0.15) is 18.9 Å². The van der Waals surface area contributed by atoms with Crippen molar-refractivity contribution in [2.75, 3.05) is 7.11 Å². The maximum Gasteiger partial charge on any atom is 0.0841 e. The molecule has 14 heavy (non-hydrogen) atoms. The maximum atomic E-state index is 9.84. The number of rotatable bonds is 5. The van der Waals surface area contributed by atoms with E-state index in [0.717, 1.165) is 12.0 Å². The van der Waals surface area contributed by atoms with Crippen LogP contribution in [0, 0.1) is 0 Å². The molecule has 0 aromatic heterocycles. The highest BCUT2D eigenvalue weighted by molar-refractivity contribution is 5.15. The largest absolute Gasteiger partial charge is 0.390 e. The first-order chi connectivity index (χ1) is 6.77. The number of ether oxygens (including phenoxy) is 1. The van der Waals surface area contributed by atoms with Gasteiger partial charge in [0.05, 0.1) is 12.2 Å². The number of methoxy groups -OCH3 is 1. The van der Waals surface area contributed by atoms with Crippen LogP contribution in [-0.4, -0.2) is 24.4 Å². The average molecular weight is 194 g/mol. The highest BCUT2D eigenvalue weighted by atomic mass is 16.5. The van der Waals surface area contributed by atoms with E-state index >= 15 is 0 Å². The Morgan fingerprint density at radius 3 is 2.43 bits per heavy atom. The highest BCUT2D eigenvalue weighted by Crippen LogP contribution is 2.10. The lowest BCUT2D eigenvalue weighted by molar-refractivity contribution is -0.0128. The Balaban J connectivity index is 2.52. The highest BCUT2D eigenvalue weighted by Gasteiger charge is 2.16. The topological polar surface area (TPSA) is 29.5 Å². The predicted molar refractivity (Wildman–Crippen MR) is 57.2 cm³/mol. The Kier molecular flexibility index (Phi) is 4.63. The summed E-state index contributed by atoms with van der Waals surface area (Å²) in [6.07, 6.45) is 1.03. The summed E-state index contributed by atoms with van der Waals surface area (Å²) >= 11 is 0. The minimum atomic E-state index is -0.410. The Hall–Kier alpha value is -0.860. The Morgan fingerprint density at radius 1 is 1.29 bits per heavy atom. The van der Waals surface area contributed by atoms with E-state index < -0.39 is 6.10 Å². The monoisotopic (exact) mass is 194 g/mol. The maximum absolute atomic E-state index is 9.84. The van der Waals surface area contributed by atoms with Gasteiger partial charge in [-0.05, 0) is 12.0 Å². The molecule has 0 radical (unpaired) electrons. The van der Waals surface area contributed by atoms with Gasteiger partial charge in [-0.15, -0.1) is 0 Å². The van der Waals surface area contributed by atoms with Gasteiger partial charge in [0.1, 0.15) is 0 Å². The molecule has 1 N–H and O–H groups in total. The van der Waals surface area contributed by atoms with Crippen molar-refractivity contribution in [2.24, 2.45) is 0 Å². The molecule has 2 heteroatoms. The van der Waals surface area contributed by atoms with Crippen LogP contribution in [0.3, 0.4) is 0 Å². The second kappa shape index (κ2) is 5.78. The van der Waals surface area contributed by atoms with Crippen LogP contribution in [0.5, 0.6) is 0 Å². The summed E-state index contributed by atoms with van der Waals surface area (Å²) in [7, 11) is 1.64. The number of hydrogen-bond donors (Lipinski definition) is 1. The van der Waals surface area contributed by atoms with Gasteiger partial charge >= 0.3 is 0 Å². The van der Waals surface area contributed by atoms with E-state index in [-0.39, 0.29) is 6.10 Å². The lowest BCUT2D eigenvalue weighted by atomic mass is 10.0. The smallest absolute Gasteiger partial charge is 0.0841 e.